The first-order valence-corrected chi connectivity index (χ1v) is 16.3. The summed E-state index contributed by atoms with van der Waals surface area (Å²) in [4.78, 5) is 58.8. The number of Topliss-reactive ketones (excluding diaryl/α,β-unsaturated/α-hetero) is 1. The molecule has 10 nitrogen and oxygen atoms in total. The van der Waals surface area contributed by atoms with Crippen LogP contribution in [0.15, 0.2) is 53.4 Å². The summed E-state index contributed by atoms with van der Waals surface area (Å²) in [6.45, 7) is 9.86. The molecular formula is C31H40N4O6S. The van der Waals surface area contributed by atoms with Crippen LogP contribution in [0.4, 0.5) is 5.69 Å². The summed E-state index contributed by atoms with van der Waals surface area (Å²) >= 11 is 0. The number of anilines is 1. The molecule has 11 heteroatoms. The molecule has 3 atom stereocenters. The van der Waals surface area contributed by atoms with Gasteiger partial charge in [-0.05, 0) is 75.1 Å². The van der Waals surface area contributed by atoms with E-state index in [0.29, 0.717) is 18.4 Å². The lowest BCUT2D eigenvalue weighted by atomic mass is 10.0. The van der Waals surface area contributed by atoms with Crippen LogP contribution in [0.25, 0.3) is 0 Å². The predicted molar refractivity (Wildman–Crippen MR) is 160 cm³/mol. The summed E-state index contributed by atoms with van der Waals surface area (Å²) in [6.07, 6.45) is 1.88. The van der Waals surface area contributed by atoms with E-state index in [1.165, 1.54) is 34.1 Å². The average Bonchev–Trinajstić information content (AvgIpc) is 3.53. The molecule has 2 aromatic carbocycles. The molecule has 0 aliphatic carbocycles. The fourth-order valence-corrected chi connectivity index (χ4v) is 6.58. The van der Waals surface area contributed by atoms with Crippen molar-refractivity contribution in [1.82, 2.24) is 15.1 Å². The Balaban J connectivity index is 1.50. The molecule has 1 N–H and O–H groups in total. The highest BCUT2D eigenvalue weighted by molar-refractivity contribution is 7.90. The number of nitrogens with one attached hydrogen (secondary N) is 1. The van der Waals surface area contributed by atoms with Crippen molar-refractivity contribution in [2.45, 2.75) is 63.6 Å². The molecule has 2 aliphatic heterocycles. The number of benzene rings is 2. The molecule has 226 valence electrons. The number of carbonyl (C=O) groups is 4. The third-order valence-corrected chi connectivity index (χ3v) is 9.15. The van der Waals surface area contributed by atoms with Crippen molar-refractivity contribution in [3.63, 3.8) is 0 Å². The first-order valence-electron chi connectivity index (χ1n) is 14.5. The highest BCUT2D eigenvalue weighted by Gasteiger charge is 2.52. The van der Waals surface area contributed by atoms with Crippen molar-refractivity contribution in [3.8, 4) is 0 Å². The van der Waals surface area contributed by atoms with E-state index in [1.807, 2.05) is 26.0 Å². The highest BCUT2D eigenvalue weighted by Crippen LogP contribution is 2.32. The fourth-order valence-electron chi connectivity index (χ4n) is 5.91. The standard InChI is InChI=1S/C31H40N4O6S/c1-6-33(7-2)23-13-11-21(12-14-23)29(37)32-25(17-20(3)4)31(39)34-16-15-26-28(34)27(36)19-35(26)30(38)22-9-8-10-24(18-22)42(5,40)41/h8-14,18,20,25-26,28H,6-7,15-17,19H2,1-5H3,(H,32,37)/t25-,26?,28-/m0/s1. The number of hydrogen-bond acceptors (Lipinski definition) is 7. The zero-order valence-electron chi connectivity index (χ0n) is 24.9. The number of likely N-dealkylation sites (tertiary alicyclic amines) is 2. The topological polar surface area (TPSA) is 124 Å². The number of ketones is 1. The van der Waals surface area contributed by atoms with Gasteiger partial charge in [-0.15, -0.1) is 0 Å². The third-order valence-electron chi connectivity index (χ3n) is 8.04. The molecule has 2 heterocycles. The van der Waals surface area contributed by atoms with Gasteiger partial charge in [0.15, 0.2) is 15.6 Å². The van der Waals surface area contributed by atoms with E-state index >= 15 is 0 Å². The molecule has 2 aromatic rings. The number of hydrogen-bond donors (Lipinski definition) is 1. The van der Waals surface area contributed by atoms with Crippen molar-refractivity contribution in [1.29, 1.82) is 0 Å². The van der Waals surface area contributed by atoms with Gasteiger partial charge in [-0.25, -0.2) is 8.42 Å². The lowest BCUT2D eigenvalue weighted by Crippen LogP contribution is -2.53. The largest absolute Gasteiger partial charge is 0.372 e. The normalized spacial score (nSPS) is 19.1. The minimum atomic E-state index is -3.52. The second-order valence-electron chi connectivity index (χ2n) is 11.4. The number of carbonyl (C=O) groups excluding carboxylic acids is 4. The fraction of sp³-hybridized carbons (Fsp3) is 0.484. The van der Waals surface area contributed by atoms with Crippen LogP contribution in [0.5, 0.6) is 0 Å². The van der Waals surface area contributed by atoms with Crippen molar-refractivity contribution < 1.29 is 27.6 Å². The smallest absolute Gasteiger partial charge is 0.254 e. The predicted octanol–water partition coefficient (Wildman–Crippen LogP) is 2.78. The molecule has 0 bridgehead atoms. The van der Waals surface area contributed by atoms with Crippen LogP contribution < -0.4 is 10.2 Å². The minimum absolute atomic E-state index is 0.0219. The van der Waals surface area contributed by atoms with Gasteiger partial charge in [-0.2, -0.15) is 0 Å². The monoisotopic (exact) mass is 596 g/mol. The molecular weight excluding hydrogens is 556 g/mol. The van der Waals surface area contributed by atoms with Crippen LogP contribution in [0.2, 0.25) is 0 Å². The van der Waals surface area contributed by atoms with E-state index in [4.69, 9.17) is 0 Å². The highest BCUT2D eigenvalue weighted by atomic mass is 32.2. The van der Waals surface area contributed by atoms with Crippen LogP contribution in [-0.2, 0) is 19.4 Å². The SMILES string of the molecule is CCN(CC)c1ccc(C(=O)N[C@@H](CC(C)C)C(=O)N2CCC3[C@H]2C(=O)CN3C(=O)c2cccc(S(C)(=O)=O)c2)cc1. The summed E-state index contributed by atoms with van der Waals surface area (Å²) in [5.74, 6) is -1.31. The Kier molecular flexibility index (Phi) is 9.40. The molecule has 4 rings (SSSR count). The van der Waals surface area contributed by atoms with Gasteiger partial charge >= 0.3 is 0 Å². The first-order chi connectivity index (χ1) is 19.8. The van der Waals surface area contributed by atoms with E-state index in [2.05, 4.69) is 24.1 Å². The van der Waals surface area contributed by atoms with Crippen LogP contribution in [0.3, 0.4) is 0 Å². The van der Waals surface area contributed by atoms with Crippen molar-refractivity contribution in [2.24, 2.45) is 5.92 Å². The summed E-state index contributed by atoms with van der Waals surface area (Å²) in [6, 6.07) is 10.9. The first kappa shape index (κ1) is 31.2. The van der Waals surface area contributed by atoms with Crippen LogP contribution in [0.1, 0.15) is 61.3 Å². The van der Waals surface area contributed by atoms with Gasteiger partial charge < -0.3 is 20.0 Å². The number of nitrogens with zero attached hydrogens (tertiary/aromatic N) is 3. The summed E-state index contributed by atoms with van der Waals surface area (Å²) in [5, 5.41) is 2.90. The Morgan fingerprint density at radius 3 is 2.26 bits per heavy atom. The molecule has 2 saturated heterocycles. The lowest BCUT2D eigenvalue weighted by molar-refractivity contribution is -0.138. The van der Waals surface area contributed by atoms with Gasteiger partial charge in [0, 0.05) is 42.7 Å². The van der Waals surface area contributed by atoms with Crippen molar-refractivity contribution >= 4 is 39.0 Å². The van der Waals surface area contributed by atoms with Gasteiger partial charge in [-0.1, -0.05) is 19.9 Å². The maximum Gasteiger partial charge on any atom is 0.254 e. The Morgan fingerprint density at radius 2 is 1.67 bits per heavy atom. The van der Waals surface area contributed by atoms with Crippen LogP contribution in [0, 0.1) is 5.92 Å². The van der Waals surface area contributed by atoms with E-state index < -0.39 is 33.9 Å². The lowest BCUT2D eigenvalue weighted by Gasteiger charge is -2.29. The van der Waals surface area contributed by atoms with E-state index in [1.54, 1.807) is 12.1 Å². The number of rotatable bonds is 10. The van der Waals surface area contributed by atoms with Gasteiger partial charge in [0.2, 0.25) is 5.91 Å². The summed E-state index contributed by atoms with van der Waals surface area (Å²) in [5.41, 5.74) is 1.63. The molecule has 0 spiro atoms. The Labute approximate surface area is 248 Å². The van der Waals surface area contributed by atoms with Crippen molar-refractivity contribution in [2.75, 3.05) is 37.3 Å². The zero-order chi connectivity index (χ0) is 30.8. The molecule has 1 unspecified atom stereocenters. The summed E-state index contributed by atoms with van der Waals surface area (Å²) < 4.78 is 24.0. The minimum Gasteiger partial charge on any atom is -0.372 e. The van der Waals surface area contributed by atoms with Crippen molar-refractivity contribution in [3.05, 3.63) is 59.7 Å². The zero-order valence-corrected chi connectivity index (χ0v) is 25.7. The van der Waals surface area contributed by atoms with Gasteiger partial charge in [-0.3, -0.25) is 19.2 Å². The molecule has 3 amide bonds. The van der Waals surface area contributed by atoms with Gasteiger partial charge in [0.05, 0.1) is 17.5 Å². The van der Waals surface area contributed by atoms with Gasteiger partial charge in [0.25, 0.3) is 11.8 Å². The van der Waals surface area contributed by atoms with Crippen LogP contribution >= 0.6 is 0 Å². The maximum atomic E-state index is 13.8. The van der Waals surface area contributed by atoms with E-state index in [-0.39, 0.29) is 47.1 Å². The number of sulfone groups is 1. The second-order valence-corrected chi connectivity index (χ2v) is 13.4. The van der Waals surface area contributed by atoms with Gasteiger partial charge in [0.1, 0.15) is 12.1 Å². The molecule has 0 aromatic heterocycles. The number of amides is 3. The Bertz CT molecular complexity index is 1450. The second kappa shape index (κ2) is 12.6. The number of fused-ring (bicyclic) bond motifs is 1. The Hall–Kier alpha value is -3.73. The molecule has 42 heavy (non-hydrogen) atoms. The quantitative estimate of drug-likeness (QED) is 0.447. The maximum absolute atomic E-state index is 13.8. The molecule has 2 aliphatic rings. The van der Waals surface area contributed by atoms with E-state index in [0.717, 1.165) is 25.0 Å². The molecule has 0 saturated carbocycles. The average molecular weight is 597 g/mol. The van der Waals surface area contributed by atoms with E-state index in [9.17, 15) is 27.6 Å². The molecule has 2 fully saturated rings. The van der Waals surface area contributed by atoms with Crippen LogP contribution in [-0.4, -0.2) is 92.3 Å². The Morgan fingerprint density at radius 1 is 1.00 bits per heavy atom. The summed E-state index contributed by atoms with van der Waals surface area (Å²) in [7, 11) is -3.52. The third kappa shape index (κ3) is 6.51. The molecule has 0 radical (unpaired) electrons.